The first-order chi connectivity index (χ1) is 14.3. The predicted molar refractivity (Wildman–Crippen MR) is 121 cm³/mol. The summed E-state index contributed by atoms with van der Waals surface area (Å²) in [7, 11) is 1.56. The number of hydrogen-bond donors (Lipinski definition) is 2. The van der Waals surface area contributed by atoms with Gasteiger partial charge < -0.3 is 15.4 Å². The molecule has 0 atom stereocenters. The van der Waals surface area contributed by atoms with Gasteiger partial charge >= 0.3 is 0 Å². The molecule has 0 aliphatic rings. The van der Waals surface area contributed by atoms with Crippen LogP contribution in [0.4, 0.5) is 5.69 Å². The molecule has 0 radical (unpaired) electrons. The van der Waals surface area contributed by atoms with Crippen molar-refractivity contribution in [3.8, 4) is 5.75 Å². The Morgan fingerprint density at radius 1 is 0.933 bits per heavy atom. The largest absolute Gasteiger partial charge is 0.495 e. The van der Waals surface area contributed by atoms with Crippen molar-refractivity contribution in [2.24, 2.45) is 0 Å². The van der Waals surface area contributed by atoms with Gasteiger partial charge in [0.2, 0.25) is 11.8 Å². The highest BCUT2D eigenvalue weighted by molar-refractivity contribution is 5.96. The van der Waals surface area contributed by atoms with E-state index in [-0.39, 0.29) is 30.2 Å². The lowest BCUT2D eigenvalue weighted by Gasteiger charge is -2.21. The lowest BCUT2D eigenvalue weighted by atomic mass is 9.87. The maximum Gasteiger partial charge on any atom is 0.243 e. The molecule has 5 heteroatoms. The molecule has 156 valence electrons. The summed E-state index contributed by atoms with van der Waals surface area (Å²) < 4.78 is 5.36. The smallest absolute Gasteiger partial charge is 0.243 e. The van der Waals surface area contributed by atoms with Crippen LogP contribution >= 0.6 is 0 Å². The number of fused-ring (bicyclic) bond motifs is 1. The second kappa shape index (κ2) is 8.99. The third kappa shape index (κ3) is 5.17. The van der Waals surface area contributed by atoms with Crippen molar-refractivity contribution in [2.45, 2.75) is 32.6 Å². The van der Waals surface area contributed by atoms with Crippen molar-refractivity contribution in [3.63, 3.8) is 0 Å². The van der Waals surface area contributed by atoms with E-state index in [4.69, 9.17) is 4.74 Å². The van der Waals surface area contributed by atoms with E-state index in [2.05, 4.69) is 31.4 Å². The highest BCUT2D eigenvalue weighted by Crippen LogP contribution is 2.31. The number of carbonyl (C=O) groups excluding carboxylic acids is 2. The molecule has 2 amide bonds. The average Bonchev–Trinajstić information content (AvgIpc) is 2.72. The van der Waals surface area contributed by atoms with Gasteiger partial charge in [-0.1, -0.05) is 69.3 Å². The first-order valence-electron chi connectivity index (χ1n) is 9.99. The molecule has 0 heterocycles. The quantitative estimate of drug-likeness (QED) is 0.638. The summed E-state index contributed by atoms with van der Waals surface area (Å²) in [6.45, 7) is 6.21. The Kier molecular flexibility index (Phi) is 6.40. The zero-order valence-corrected chi connectivity index (χ0v) is 17.9. The molecule has 0 aliphatic heterocycles. The standard InChI is InChI=1S/C25H28N2O3/c1-25(2,3)19-12-13-22(30-4)21(15-19)27-24(29)16-26-23(28)14-18-10-7-9-17-8-5-6-11-20(17)18/h5-13,15H,14,16H2,1-4H3,(H,26,28)(H,27,29). The van der Waals surface area contributed by atoms with Crippen LogP contribution in [-0.2, 0) is 21.4 Å². The molecule has 2 N–H and O–H groups in total. The van der Waals surface area contributed by atoms with E-state index < -0.39 is 0 Å². The van der Waals surface area contributed by atoms with E-state index in [9.17, 15) is 9.59 Å². The molecule has 0 bridgehead atoms. The highest BCUT2D eigenvalue weighted by atomic mass is 16.5. The van der Waals surface area contributed by atoms with Gasteiger partial charge in [-0.15, -0.1) is 0 Å². The van der Waals surface area contributed by atoms with Gasteiger partial charge in [-0.3, -0.25) is 9.59 Å². The lowest BCUT2D eigenvalue weighted by Crippen LogP contribution is -2.34. The normalized spacial score (nSPS) is 11.2. The topological polar surface area (TPSA) is 67.4 Å². The molecule has 3 rings (SSSR count). The van der Waals surface area contributed by atoms with E-state index in [0.717, 1.165) is 21.9 Å². The summed E-state index contributed by atoms with van der Waals surface area (Å²) in [4.78, 5) is 24.8. The molecular formula is C25H28N2O3. The van der Waals surface area contributed by atoms with Gasteiger partial charge in [0, 0.05) is 0 Å². The van der Waals surface area contributed by atoms with Gasteiger partial charge in [0.05, 0.1) is 25.8 Å². The third-order valence-corrected chi connectivity index (χ3v) is 5.02. The minimum atomic E-state index is -0.300. The number of nitrogens with one attached hydrogen (secondary N) is 2. The number of ether oxygens (including phenoxy) is 1. The summed E-state index contributed by atoms with van der Waals surface area (Å²) in [5.41, 5.74) is 2.56. The van der Waals surface area contributed by atoms with Gasteiger partial charge in [0.1, 0.15) is 5.75 Å². The molecule has 30 heavy (non-hydrogen) atoms. The fourth-order valence-corrected chi connectivity index (χ4v) is 3.33. The van der Waals surface area contributed by atoms with Crippen molar-refractivity contribution >= 4 is 28.3 Å². The van der Waals surface area contributed by atoms with Crippen molar-refractivity contribution in [1.29, 1.82) is 0 Å². The Balaban J connectivity index is 1.62. The predicted octanol–water partition coefficient (Wildman–Crippen LogP) is 4.44. The number of benzene rings is 3. The number of amides is 2. The van der Waals surface area contributed by atoms with E-state index >= 15 is 0 Å². The molecule has 0 aromatic heterocycles. The van der Waals surface area contributed by atoms with Gasteiger partial charge in [-0.2, -0.15) is 0 Å². The van der Waals surface area contributed by atoms with Crippen LogP contribution in [0.1, 0.15) is 31.9 Å². The summed E-state index contributed by atoms with van der Waals surface area (Å²) >= 11 is 0. The summed E-state index contributed by atoms with van der Waals surface area (Å²) in [6, 6.07) is 19.6. The van der Waals surface area contributed by atoms with Crippen LogP contribution in [0, 0.1) is 0 Å². The Morgan fingerprint density at radius 3 is 2.40 bits per heavy atom. The van der Waals surface area contributed by atoms with Gasteiger partial charge in [0.25, 0.3) is 0 Å². The van der Waals surface area contributed by atoms with Gasteiger partial charge in [-0.25, -0.2) is 0 Å². The molecule has 0 saturated carbocycles. The zero-order valence-electron chi connectivity index (χ0n) is 17.9. The van der Waals surface area contributed by atoms with Crippen LogP contribution in [-0.4, -0.2) is 25.5 Å². The molecule has 5 nitrogen and oxygen atoms in total. The number of anilines is 1. The molecule has 0 spiro atoms. The molecule has 3 aromatic carbocycles. The van der Waals surface area contributed by atoms with Crippen molar-refractivity contribution in [1.82, 2.24) is 5.32 Å². The maximum absolute atomic E-state index is 12.4. The molecular weight excluding hydrogens is 376 g/mol. The summed E-state index contributed by atoms with van der Waals surface area (Å²) in [5.74, 6) is 0.0842. The summed E-state index contributed by atoms with van der Waals surface area (Å²) in [5, 5.41) is 7.68. The maximum atomic E-state index is 12.4. The Bertz CT molecular complexity index is 1060. The summed E-state index contributed by atoms with van der Waals surface area (Å²) in [6.07, 6.45) is 0.220. The van der Waals surface area contributed by atoms with Crippen molar-refractivity contribution < 1.29 is 14.3 Å². The Labute approximate surface area is 177 Å². The SMILES string of the molecule is COc1ccc(C(C)(C)C)cc1NC(=O)CNC(=O)Cc1cccc2ccccc12. The molecule has 0 fully saturated rings. The monoisotopic (exact) mass is 404 g/mol. The van der Waals surface area contributed by atoms with Crippen LogP contribution in [0.2, 0.25) is 0 Å². The number of methoxy groups -OCH3 is 1. The van der Waals surface area contributed by atoms with E-state index in [1.54, 1.807) is 7.11 Å². The van der Waals surface area contributed by atoms with Crippen LogP contribution in [0.25, 0.3) is 10.8 Å². The second-order valence-electron chi connectivity index (χ2n) is 8.31. The van der Waals surface area contributed by atoms with Crippen molar-refractivity contribution in [2.75, 3.05) is 19.0 Å². The molecule has 0 aliphatic carbocycles. The number of hydrogen-bond acceptors (Lipinski definition) is 3. The first kappa shape index (κ1) is 21.4. The van der Waals surface area contributed by atoms with Gasteiger partial charge in [-0.05, 0) is 39.4 Å². The number of rotatable bonds is 6. The Hall–Kier alpha value is -3.34. The zero-order chi connectivity index (χ0) is 21.7. The van der Waals surface area contributed by atoms with Crippen LogP contribution in [0.3, 0.4) is 0 Å². The van der Waals surface area contributed by atoms with Crippen molar-refractivity contribution in [3.05, 3.63) is 71.8 Å². The highest BCUT2D eigenvalue weighted by Gasteiger charge is 2.17. The van der Waals surface area contributed by atoms with Crippen LogP contribution in [0.15, 0.2) is 60.7 Å². The van der Waals surface area contributed by atoms with E-state index in [1.807, 2.05) is 60.7 Å². The van der Waals surface area contributed by atoms with E-state index in [1.165, 1.54) is 0 Å². The first-order valence-corrected chi connectivity index (χ1v) is 9.99. The lowest BCUT2D eigenvalue weighted by molar-refractivity contribution is -0.123. The molecule has 0 saturated heterocycles. The van der Waals surface area contributed by atoms with Gasteiger partial charge in [0.15, 0.2) is 0 Å². The fourth-order valence-electron chi connectivity index (χ4n) is 3.33. The molecule has 0 unspecified atom stereocenters. The molecule has 3 aromatic rings. The minimum absolute atomic E-state index is 0.0571. The number of carbonyl (C=O) groups is 2. The second-order valence-corrected chi connectivity index (χ2v) is 8.31. The fraction of sp³-hybridized carbons (Fsp3) is 0.280. The van der Waals surface area contributed by atoms with E-state index in [0.29, 0.717) is 11.4 Å². The third-order valence-electron chi connectivity index (χ3n) is 5.02. The average molecular weight is 405 g/mol. The minimum Gasteiger partial charge on any atom is -0.495 e. The Morgan fingerprint density at radius 2 is 1.67 bits per heavy atom. The van der Waals surface area contributed by atoms with Crippen LogP contribution in [0.5, 0.6) is 5.75 Å². The van der Waals surface area contributed by atoms with Crippen LogP contribution < -0.4 is 15.4 Å².